The first kappa shape index (κ1) is 15.3. The average Bonchev–Trinajstić information content (AvgIpc) is 2.37. The monoisotopic (exact) mass is 268 g/mol. The molecule has 102 valence electrons. The zero-order valence-corrected chi connectivity index (χ0v) is 12.5. The molecule has 0 heterocycles. The topological polar surface area (TPSA) is 15.3 Å². The van der Waals surface area contributed by atoms with Crippen molar-refractivity contribution in [2.75, 3.05) is 23.9 Å². The summed E-state index contributed by atoms with van der Waals surface area (Å²) >= 11 is 5.85. The number of alkyl halides is 1. The van der Waals surface area contributed by atoms with E-state index in [9.17, 15) is 0 Å². The molecule has 0 aromatic heterocycles. The zero-order valence-electron chi connectivity index (χ0n) is 11.7. The van der Waals surface area contributed by atoms with Crippen LogP contribution in [-0.2, 0) is 6.54 Å². The molecule has 0 saturated heterocycles. The van der Waals surface area contributed by atoms with Crippen LogP contribution >= 0.6 is 11.6 Å². The first-order valence-electron chi connectivity index (χ1n) is 6.80. The zero-order chi connectivity index (χ0) is 13.4. The molecule has 1 aromatic carbocycles. The van der Waals surface area contributed by atoms with Crippen LogP contribution in [0.15, 0.2) is 24.3 Å². The van der Waals surface area contributed by atoms with Crippen LogP contribution in [0.5, 0.6) is 0 Å². The number of benzene rings is 1. The van der Waals surface area contributed by atoms with E-state index in [0.717, 1.165) is 26.1 Å². The van der Waals surface area contributed by atoms with Gasteiger partial charge in [-0.15, -0.1) is 11.6 Å². The molecule has 3 heteroatoms. The van der Waals surface area contributed by atoms with Crippen LogP contribution in [0, 0.1) is 0 Å². The molecule has 0 saturated carbocycles. The van der Waals surface area contributed by atoms with Crippen LogP contribution in [0.3, 0.4) is 0 Å². The molecule has 1 N–H and O–H groups in total. The Labute approximate surface area is 116 Å². The molecule has 0 aliphatic heterocycles. The average molecular weight is 269 g/mol. The van der Waals surface area contributed by atoms with E-state index in [0.29, 0.717) is 11.9 Å². The minimum atomic E-state index is 0.525. The Morgan fingerprint density at radius 3 is 2.33 bits per heavy atom. The largest absolute Gasteiger partial charge is 0.370 e. The molecule has 0 bridgehead atoms. The SMILES string of the molecule is CCCN(CCCl)c1ccc(CNC(C)C)cc1. The maximum atomic E-state index is 5.85. The quantitative estimate of drug-likeness (QED) is 0.724. The lowest BCUT2D eigenvalue weighted by Gasteiger charge is -2.23. The molecule has 0 amide bonds. The minimum Gasteiger partial charge on any atom is -0.370 e. The predicted octanol–water partition coefficient (Wildman–Crippen LogP) is 3.64. The Hall–Kier alpha value is -0.730. The molecule has 0 radical (unpaired) electrons. The molecule has 1 aromatic rings. The summed E-state index contributed by atoms with van der Waals surface area (Å²) < 4.78 is 0. The summed E-state index contributed by atoms with van der Waals surface area (Å²) in [5, 5.41) is 3.43. The number of halogens is 1. The normalized spacial score (nSPS) is 10.9. The van der Waals surface area contributed by atoms with Crippen molar-refractivity contribution in [2.24, 2.45) is 0 Å². The van der Waals surface area contributed by atoms with E-state index in [1.54, 1.807) is 0 Å². The molecule has 18 heavy (non-hydrogen) atoms. The van der Waals surface area contributed by atoms with Gasteiger partial charge in [0.05, 0.1) is 0 Å². The molecule has 1 rings (SSSR count). The van der Waals surface area contributed by atoms with Crippen molar-refractivity contribution in [3.8, 4) is 0 Å². The van der Waals surface area contributed by atoms with Crippen molar-refractivity contribution in [3.05, 3.63) is 29.8 Å². The second-order valence-electron chi connectivity index (χ2n) is 4.88. The number of hydrogen-bond donors (Lipinski definition) is 1. The summed E-state index contributed by atoms with van der Waals surface area (Å²) in [5.41, 5.74) is 2.60. The van der Waals surface area contributed by atoms with Crippen molar-refractivity contribution in [3.63, 3.8) is 0 Å². The van der Waals surface area contributed by atoms with Gasteiger partial charge in [0.15, 0.2) is 0 Å². The first-order valence-corrected chi connectivity index (χ1v) is 7.34. The molecule has 0 aliphatic rings. The number of nitrogens with zero attached hydrogens (tertiary/aromatic N) is 1. The molecule has 0 aliphatic carbocycles. The highest BCUT2D eigenvalue weighted by atomic mass is 35.5. The molecular formula is C15H25ClN2. The first-order chi connectivity index (χ1) is 8.67. The highest BCUT2D eigenvalue weighted by Gasteiger charge is 2.04. The van der Waals surface area contributed by atoms with Gasteiger partial charge in [0.25, 0.3) is 0 Å². The van der Waals surface area contributed by atoms with Gasteiger partial charge in [-0.2, -0.15) is 0 Å². The summed E-state index contributed by atoms with van der Waals surface area (Å²) in [4.78, 5) is 2.34. The smallest absolute Gasteiger partial charge is 0.0399 e. The van der Waals surface area contributed by atoms with Crippen LogP contribution in [0.2, 0.25) is 0 Å². The highest BCUT2D eigenvalue weighted by molar-refractivity contribution is 6.18. The number of anilines is 1. The van der Waals surface area contributed by atoms with E-state index >= 15 is 0 Å². The van der Waals surface area contributed by atoms with Gasteiger partial charge in [-0.05, 0) is 24.1 Å². The molecule has 2 nitrogen and oxygen atoms in total. The Morgan fingerprint density at radius 2 is 1.83 bits per heavy atom. The van der Waals surface area contributed by atoms with Crippen molar-refractivity contribution in [1.82, 2.24) is 5.32 Å². The maximum Gasteiger partial charge on any atom is 0.0399 e. The fourth-order valence-corrected chi connectivity index (χ4v) is 2.09. The highest BCUT2D eigenvalue weighted by Crippen LogP contribution is 2.16. The second-order valence-corrected chi connectivity index (χ2v) is 5.26. The van der Waals surface area contributed by atoms with E-state index in [2.05, 4.69) is 55.3 Å². The van der Waals surface area contributed by atoms with E-state index < -0.39 is 0 Å². The van der Waals surface area contributed by atoms with Gasteiger partial charge in [0.2, 0.25) is 0 Å². The van der Waals surface area contributed by atoms with E-state index in [-0.39, 0.29) is 0 Å². The predicted molar refractivity (Wildman–Crippen MR) is 81.6 cm³/mol. The van der Waals surface area contributed by atoms with Crippen molar-refractivity contribution >= 4 is 17.3 Å². The van der Waals surface area contributed by atoms with Crippen molar-refractivity contribution < 1.29 is 0 Å². The lowest BCUT2D eigenvalue weighted by Crippen LogP contribution is -2.26. The van der Waals surface area contributed by atoms with Crippen LogP contribution in [0.25, 0.3) is 0 Å². The molecule has 0 unspecified atom stereocenters. The third-order valence-corrected chi connectivity index (χ3v) is 3.03. The van der Waals surface area contributed by atoms with Gasteiger partial charge < -0.3 is 10.2 Å². The van der Waals surface area contributed by atoms with Gasteiger partial charge in [-0.1, -0.05) is 32.9 Å². The standard InChI is InChI=1S/C15H25ClN2/c1-4-10-18(11-9-16)15-7-5-14(6-8-15)12-17-13(2)3/h5-8,13,17H,4,9-12H2,1-3H3. The molecule has 0 fully saturated rings. The Morgan fingerprint density at radius 1 is 1.17 bits per heavy atom. The van der Waals surface area contributed by atoms with Crippen LogP contribution in [-0.4, -0.2) is 25.0 Å². The van der Waals surface area contributed by atoms with Gasteiger partial charge >= 0.3 is 0 Å². The Balaban J connectivity index is 2.61. The molecule has 0 spiro atoms. The van der Waals surface area contributed by atoms with E-state index in [4.69, 9.17) is 11.6 Å². The fraction of sp³-hybridized carbons (Fsp3) is 0.600. The van der Waals surface area contributed by atoms with Crippen LogP contribution < -0.4 is 10.2 Å². The third-order valence-electron chi connectivity index (χ3n) is 2.86. The Kier molecular flexibility index (Phi) is 7.14. The van der Waals surface area contributed by atoms with Crippen LogP contribution in [0.4, 0.5) is 5.69 Å². The number of hydrogen-bond acceptors (Lipinski definition) is 2. The molecular weight excluding hydrogens is 244 g/mol. The van der Waals surface area contributed by atoms with Gasteiger partial charge in [0.1, 0.15) is 0 Å². The number of rotatable bonds is 8. The maximum absolute atomic E-state index is 5.85. The van der Waals surface area contributed by atoms with E-state index in [1.165, 1.54) is 11.3 Å². The minimum absolute atomic E-state index is 0.525. The lowest BCUT2D eigenvalue weighted by atomic mass is 10.2. The summed E-state index contributed by atoms with van der Waals surface area (Å²) in [5.74, 6) is 0.677. The van der Waals surface area contributed by atoms with Crippen molar-refractivity contribution in [1.29, 1.82) is 0 Å². The summed E-state index contributed by atoms with van der Waals surface area (Å²) in [6.45, 7) is 9.44. The lowest BCUT2D eigenvalue weighted by molar-refractivity contribution is 0.589. The van der Waals surface area contributed by atoms with Crippen molar-refractivity contribution in [2.45, 2.75) is 39.8 Å². The summed E-state index contributed by atoms with van der Waals surface area (Å²) in [7, 11) is 0. The summed E-state index contributed by atoms with van der Waals surface area (Å²) in [6, 6.07) is 9.31. The van der Waals surface area contributed by atoms with Gasteiger partial charge in [-0.3, -0.25) is 0 Å². The second kappa shape index (κ2) is 8.39. The van der Waals surface area contributed by atoms with Gasteiger partial charge in [0, 0.05) is 37.2 Å². The Bertz CT molecular complexity index is 316. The van der Waals surface area contributed by atoms with Gasteiger partial charge in [-0.25, -0.2) is 0 Å². The molecule has 0 atom stereocenters. The summed E-state index contributed by atoms with van der Waals surface area (Å²) in [6.07, 6.45) is 1.15. The number of nitrogens with one attached hydrogen (secondary N) is 1. The fourth-order valence-electron chi connectivity index (χ4n) is 1.89. The third kappa shape index (κ3) is 5.28. The van der Waals surface area contributed by atoms with Crippen LogP contribution in [0.1, 0.15) is 32.8 Å². The van der Waals surface area contributed by atoms with E-state index in [1.807, 2.05) is 0 Å².